The SMILES string of the molecule is CCOC(=O)[C@@H]1CCCN(C(=O)C2(C)CCCC2)C1. The van der Waals surface area contributed by atoms with E-state index in [2.05, 4.69) is 6.92 Å². The molecule has 0 unspecified atom stereocenters. The van der Waals surface area contributed by atoms with Gasteiger partial charge in [0, 0.05) is 18.5 Å². The second-order valence-corrected chi connectivity index (χ2v) is 6.11. The highest BCUT2D eigenvalue weighted by Crippen LogP contribution is 2.39. The summed E-state index contributed by atoms with van der Waals surface area (Å²) in [6.45, 7) is 5.66. The first-order valence-corrected chi connectivity index (χ1v) is 7.53. The molecule has 1 aliphatic heterocycles. The minimum Gasteiger partial charge on any atom is -0.466 e. The molecule has 19 heavy (non-hydrogen) atoms. The summed E-state index contributed by atoms with van der Waals surface area (Å²) in [6.07, 6.45) is 6.04. The third-order valence-electron chi connectivity index (χ3n) is 4.55. The second-order valence-electron chi connectivity index (χ2n) is 6.11. The van der Waals surface area contributed by atoms with Gasteiger partial charge >= 0.3 is 5.97 Å². The Morgan fingerprint density at radius 2 is 1.95 bits per heavy atom. The van der Waals surface area contributed by atoms with Crippen LogP contribution in [0.2, 0.25) is 0 Å². The Bertz CT molecular complexity index is 347. The minimum atomic E-state index is -0.184. The standard InChI is InChI=1S/C15H25NO3/c1-3-19-13(17)12-7-6-10-16(11-12)14(18)15(2)8-4-5-9-15/h12H,3-11H2,1-2H3/t12-/m1/s1. The molecule has 0 bridgehead atoms. The van der Waals surface area contributed by atoms with E-state index in [9.17, 15) is 9.59 Å². The van der Waals surface area contributed by atoms with Gasteiger partial charge < -0.3 is 9.64 Å². The van der Waals surface area contributed by atoms with Gasteiger partial charge in [-0.15, -0.1) is 0 Å². The molecule has 2 rings (SSSR count). The topological polar surface area (TPSA) is 46.6 Å². The van der Waals surface area contributed by atoms with Crippen LogP contribution in [-0.2, 0) is 14.3 Å². The van der Waals surface area contributed by atoms with E-state index in [1.807, 2.05) is 11.8 Å². The zero-order valence-electron chi connectivity index (χ0n) is 12.1. The highest BCUT2D eigenvalue weighted by Gasteiger charge is 2.41. The molecule has 1 amide bonds. The van der Waals surface area contributed by atoms with Crippen molar-refractivity contribution in [1.82, 2.24) is 4.90 Å². The lowest BCUT2D eigenvalue weighted by Crippen LogP contribution is -2.48. The van der Waals surface area contributed by atoms with Crippen molar-refractivity contribution in [3.63, 3.8) is 0 Å². The van der Waals surface area contributed by atoms with Gasteiger partial charge in [0.25, 0.3) is 0 Å². The van der Waals surface area contributed by atoms with Crippen LogP contribution in [0.3, 0.4) is 0 Å². The van der Waals surface area contributed by atoms with Gasteiger partial charge in [-0.2, -0.15) is 0 Å². The number of nitrogens with zero attached hydrogens (tertiary/aromatic N) is 1. The number of hydrogen-bond acceptors (Lipinski definition) is 3. The van der Waals surface area contributed by atoms with E-state index in [1.165, 1.54) is 0 Å². The molecule has 1 saturated carbocycles. The molecule has 1 saturated heterocycles. The number of hydrogen-bond donors (Lipinski definition) is 0. The third-order valence-corrected chi connectivity index (χ3v) is 4.55. The monoisotopic (exact) mass is 267 g/mol. The number of rotatable bonds is 3. The Balaban J connectivity index is 1.97. The van der Waals surface area contributed by atoms with E-state index in [0.717, 1.165) is 45.1 Å². The molecule has 108 valence electrons. The first kappa shape index (κ1) is 14.4. The van der Waals surface area contributed by atoms with Gasteiger partial charge in [-0.05, 0) is 32.6 Å². The van der Waals surface area contributed by atoms with Crippen LogP contribution in [0.1, 0.15) is 52.4 Å². The number of carbonyl (C=O) groups is 2. The summed E-state index contributed by atoms with van der Waals surface area (Å²) in [5, 5.41) is 0. The van der Waals surface area contributed by atoms with Crippen LogP contribution < -0.4 is 0 Å². The van der Waals surface area contributed by atoms with E-state index < -0.39 is 0 Å². The van der Waals surface area contributed by atoms with Crippen LogP contribution in [0.4, 0.5) is 0 Å². The lowest BCUT2D eigenvalue weighted by atomic mass is 9.85. The number of esters is 1. The highest BCUT2D eigenvalue weighted by molar-refractivity contribution is 5.83. The van der Waals surface area contributed by atoms with Gasteiger partial charge in [-0.3, -0.25) is 9.59 Å². The Hall–Kier alpha value is -1.06. The van der Waals surface area contributed by atoms with Crippen molar-refractivity contribution in [2.24, 2.45) is 11.3 Å². The third kappa shape index (κ3) is 3.10. The smallest absolute Gasteiger partial charge is 0.310 e. The fourth-order valence-electron chi connectivity index (χ4n) is 3.37. The largest absolute Gasteiger partial charge is 0.466 e. The van der Waals surface area contributed by atoms with Crippen molar-refractivity contribution < 1.29 is 14.3 Å². The Labute approximate surface area is 115 Å². The molecular weight excluding hydrogens is 242 g/mol. The van der Waals surface area contributed by atoms with Gasteiger partial charge in [0.15, 0.2) is 0 Å². The first-order chi connectivity index (χ1) is 9.07. The Kier molecular flexibility index (Phi) is 4.48. The normalized spacial score (nSPS) is 26.2. The molecule has 4 heteroatoms. The molecule has 0 radical (unpaired) electrons. The summed E-state index contributed by atoms with van der Waals surface area (Å²) >= 11 is 0. The molecule has 4 nitrogen and oxygen atoms in total. The second kappa shape index (κ2) is 5.93. The van der Waals surface area contributed by atoms with E-state index in [-0.39, 0.29) is 23.2 Å². The molecule has 0 N–H and O–H groups in total. The number of ether oxygens (including phenoxy) is 1. The summed E-state index contributed by atoms with van der Waals surface area (Å²) < 4.78 is 5.08. The first-order valence-electron chi connectivity index (χ1n) is 7.53. The maximum Gasteiger partial charge on any atom is 0.310 e. The molecular formula is C15H25NO3. The lowest BCUT2D eigenvalue weighted by molar-refractivity contribution is -0.153. The van der Waals surface area contributed by atoms with Gasteiger partial charge in [0.2, 0.25) is 5.91 Å². The van der Waals surface area contributed by atoms with E-state index in [0.29, 0.717) is 13.2 Å². The van der Waals surface area contributed by atoms with Crippen molar-refractivity contribution in [2.75, 3.05) is 19.7 Å². The average molecular weight is 267 g/mol. The highest BCUT2D eigenvalue weighted by atomic mass is 16.5. The zero-order valence-corrected chi connectivity index (χ0v) is 12.1. The van der Waals surface area contributed by atoms with Crippen molar-refractivity contribution in [1.29, 1.82) is 0 Å². The van der Waals surface area contributed by atoms with Gasteiger partial charge in [-0.1, -0.05) is 19.8 Å². The summed E-state index contributed by atoms with van der Waals surface area (Å²) in [5.74, 6) is -0.0155. The molecule has 1 heterocycles. The number of likely N-dealkylation sites (tertiary alicyclic amines) is 1. The fourth-order valence-corrected chi connectivity index (χ4v) is 3.37. The summed E-state index contributed by atoms with van der Waals surface area (Å²) in [5.41, 5.74) is -0.184. The van der Waals surface area contributed by atoms with Crippen molar-refractivity contribution in [3.8, 4) is 0 Å². The number of amides is 1. The Morgan fingerprint density at radius 3 is 2.58 bits per heavy atom. The number of piperidine rings is 1. The van der Waals surface area contributed by atoms with Gasteiger partial charge in [-0.25, -0.2) is 0 Å². The van der Waals surface area contributed by atoms with Crippen molar-refractivity contribution >= 4 is 11.9 Å². The predicted octanol–water partition coefficient (Wildman–Crippen LogP) is 2.37. The van der Waals surface area contributed by atoms with Crippen LogP contribution in [0.25, 0.3) is 0 Å². The summed E-state index contributed by atoms with van der Waals surface area (Å²) in [6, 6.07) is 0. The quantitative estimate of drug-likeness (QED) is 0.737. The molecule has 1 aliphatic carbocycles. The minimum absolute atomic E-state index is 0.123. The van der Waals surface area contributed by atoms with Crippen LogP contribution in [-0.4, -0.2) is 36.5 Å². The van der Waals surface area contributed by atoms with Gasteiger partial charge in [0.05, 0.1) is 12.5 Å². The molecule has 1 atom stereocenters. The molecule has 0 spiro atoms. The Morgan fingerprint density at radius 1 is 1.26 bits per heavy atom. The van der Waals surface area contributed by atoms with Crippen molar-refractivity contribution in [3.05, 3.63) is 0 Å². The molecule has 2 fully saturated rings. The van der Waals surface area contributed by atoms with Crippen LogP contribution in [0.5, 0.6) is 0 Å². The van der Waals surface area contributed by atoms with Crippen LogP contribution in [0, 0.1) is 11.3 Å². The summed E-state index contributed by atoms with van der Waals surface area (Å²) in [7, 11) is 0. The maximum absolute atomic E-state index is 12.6. The average Bonchev–Trinajstić information content (AvgIpc) is 2.86. The molecule has 0 aromatic heterocycles. The van der Waals surface area contributed by atoms with E-state index in [4.69, 9.17) is 4.74 Å². The van der Waals surface area contributed by atoms with Crippen LogP contribution >= 0.6 is 0 Å². The molecule has 2 aliphatic rings. The fraction of sp³-hybridized carbons (Fsp3) is 0.867. The lowest BCUT2D eigenvalue weighted by Gasteiger charge is -2.36. The van der Waals surface area contributed by atoms with E-state index in [1.54, 1.807) is 0 Å². The van der Waals surface area contributed by atoms with E-state index >= 15 is 0 Å². The summed E-state index contributed by atoms with van der Waals surface area (Å²) in [4.78, 5) is 26.3. The molecule has 0 aromatic carbocycles. The molecule has 0 aromatic rings. The van der Waals surface area contributed by atoms with Gasteiger partial charge in [0.1, 0.15) is 0 Å². The van der Waals surface area contributed by atoms with Crippen LogP contribution in [0.15, 0.2) is 0 Å². The number of carbonyl (C=O) groups excluding carboxylic acids is 2. The maximum atomic E-state index is 12.6. The predicted molar refractivity (Wildman–Crippen MR) is 72.5 cm³/mol. The zero-order chi connectivity index (χ0) is 13.9. The van der Waals surface area contributed by atoms with Crippen molar-refractivity contribution in [2.45, 2.75) is 52.4 Å².